The van der Waals surface area contributed by atoms with Gasteiger partial charge in [0.15, 0.2) is 5.78 Å². The number of hydrogen-bond acceptors (Lipinski definition) is 2. The van der Waals surface area contributed by atoms with Crippen LogP contribution in [0.15, 0.2) is 24.3 Å². The maximum absolute atomic E-state index is 14.5. The molecule has 2 aliphatic rings. The molecular weight excluding hydrogens is 445 g/mol. The van der Waals surface area contributed by atoms with Crippen molar-refractivity contribution in [3.8, 4) is 0 Å². The van der Waals surface area contributed by atoms with Gasteiger partial charge in [0.2, 0.25) is 5.91 Å². The van der Waals surface area contributed by atoms with Gasteiger partial charge in [0, 0.05) is 23.9 Å². The van der Waals surface area contributed by atoms with E-state index < -0.39 is 58.4 Å². The van der Waals surface area contributed by atoms with Gasteiger partial charge in [0.05, 0.1) is 5.41 Å². The van der Waals surface area contributed by atoms with E-state index >= 15 is 0 Å². The zero-order valence-electron chi connectivity index (χ0n) is 16.9. The van der Waals surface area contributed by atoms with E-state index in [1.165, 1.54) is 20.8 Å². The van der Waals surface area contributed by atoms with Crippen LogP contribution in [0.1, 0.15) is 34.1 Å². The molecule has 1 unspecified atom stereocenters. The van der Waals surface area contributed by atoms with Crippen molar-refractivity contribution in [2.24, 2.45) is 10.8 Å². The summed E-state index contributed by atoms with van der Waals surface area (Å²) in [6.07, 6.45) is -5.42. The van der Waals surface area contributed by atoms with Crippen molar-refractivity contribution >= 4 is 11.7 Å². The summed E-state index contributed by atoms with van der Waals surface area (Å²) in [6, 6.07) is 0. The predicted molar refractivity (Wildman–Crippen MR) is 90.8 cm³/mol. The van der Waals surface area contributed by atoms with Crippen molar-refractivity contribution in [1.29, 1.82) is 0 Å². The lowest BCUT2D eigenvalue weighted by Crippen LogP contribution is -2.62. The van der Waals surface area contributed by atoms with E-state index in [4.69, 9.17) is 0 Å². The lowest BCUT2D eigenvalue weighted by Gasteiger charge is -2.42. The van der Waals surface area contributed by atoms with Crippen LogP contribution in [0.5, 0.6) is 0 Å². The summed E-state index contributed by atoms with van der Waals surface area (Å²) in [4.78, 5) is 25.6. The SMILES string of the molecule is CC(C)(C)N1CC2(C=CC(=O)C=C2)C(C)(CC(F)(F)C(F)(F)C(F)(F)C(F)(F)F)C1=O. The minimum absolute atomic E-state index is 0.372. The third kappa shape index (κ3) is 3.55. The maximum atomic E-state index is 14.5. The van der Waals surface area contributed by atoms with Crippen LogP contribution < -0.4 is 0 Å². The Bertz CT molecular complexity index is 820. The average Bonchev–Trinajstić information content (AvgIpc) is 2.77. The lowest BCUT2D eigenvalue weighted by atomic mass is 9.61. The summed E-state index contributed by atoms with van der Waals surface area (Å²) in [5.41, 5.74) is -5.39. The van der Waals surface area contributed by atoms with Crippen molar-refractivity contribution < 1.29 is 49.1 Å². The fraction of sp³-hybridized carbons (Fsp3) is 0.684. The molecule has 31 heavy (non-hydrogen) atoms. The number of allylic oxidation sites excluding steroid dienone is 2. The molecule has 1 spiro atoms. The van der Waals surface area contributed by atoms with Crippen molar-refractivity contribution in [2.75, 3.05) is 6.54 Å². The quantitative estimate of drug-likeness (QED) is 0.537. The van der Waals surface area contributed by atoms with E-state index in [-0.39, 0.29) is 6.54 Å². The van der Waals surface area contributed by atoms with Gasteiger partial charge in [-0.1, -0.05) is 12.2 Å². The van der Waals surface area contributed by atoms with Crippen molar-refractivity contribution in [2.45, 2.75) is 63.6 Å². The van der Waals surface area contributed by atoms with Crippen LogP contribution >= 0.6 is 0 Å². The normalized spacial score (nSPS) is 25.1. The number of amides is 1. The molecular formula is C19H20F9NO2. The highest BCUT2D eigenvalue weighted by Gasteiger charge is 2.83. The molecule has 12 heteroatoms. The maximum Gasteiger partial charge on any atom is 0.460 e. The molecule has 1 saturated heterocycles. The molecule has 0 saturated carbocycles. The number of carbonyl (C=O) groups excluding carboxylic acids is 2. The van der Waals surface area contributed by atoms with E-state index in [0.29, 0.717) is 0 Å². The number of halogens is 9. The van der Waals surface area contributed by atoms with Crippen LogP contribution in [-0.4, -0.2) is 52.6 Å². The molecule has 176 valence electrons. The fourth-order valence-corrected chi connectivity index (χ4v) is 3.80. The summed E-state index contributed by atoms with van der Waals surface area (Å²) in [7, 11) is 0. The van der Waals surface area contributed by atoms with Crippen LogP contribution in [0.4, 0.5) is 39.5 Å². The zero-order valence-corrected chi connectivity index (χ0v) is 16.9. The standard InChI is InChI=1S/C19H20F9NO2/c1-13(2,3)29-10-15(7-5-11(30)6-8-15)14(4,12(29)31)9-16(20,21)17(22,23)18(24,25)19(26,27)28/h5-8H,9-10H2,1-4H3. The minimum atomic E-state index is -7.05. The smallest absolute Gasteiger partial charge is 0.336 e. The molecule has 1 aliphatic heterocycles. The first-order chi connectivity index (χ1) is 13.6. The number of alkyl halides is 9. The van der Waals surface area contributed by atoms with Crippen molar-refractivity contribution in [3.05, 3.63) is 24.3 Å². The Hall–Kier alpha value is -2.01. The molecule has 2 rings (SSSR count). The first-order valence-electron chi connectivity index (χ1n) is 9.00. The third-order valence-electron chi connectivity index (χ3n) is 5.85. The molecule has 0 aromatic heterocycles. The molecule has 1 heterocycles. The van der Waals surface area contributed by atoms with Gasteiger partial charge in [-0.05, 0) is 39.8 Å². The molecule has 1 aliphatic carbocycles. The van der Waals surface area contributed by atoms with Gasteiger partial charge in [-0.3, -0.25) is 9.59 Å². The highest BCUT2D eigenvalue weighted by atomic mass is 19.4. The van der Waals surface area contributed by atoms with Crippen molar-refractivity contribution in [3.63, 3.8) is 0 Å². The Morgan fingerprint density at radius 3 is 1.71 bits per heavy atom. The van der Waals surface area contributed by atoms with E-state index in [0.717, 1.165) is 36.1 Å². The van der Waals surface area contributed by atoms with Gasteiger partial charge in [-0.25, -0.2) is 0 Å². The molecule has 0 aromatic rings. The predicted octanol–water partition coefficient (Wildman–Crippen LogP) is 5.17. The molecule has 0 radical (unpaired) electrons. The van der Waals surface area contributed by atoms with Gasteiger partial charge in [-0.2, -0.15) is 39.5 Å². The largest absolute Gasteiger partial charge is 0.460 e. The van der Waals surface area contributed by atoms with Crippen LogP contribution in [0.3, 0.4) is 0 Å². The Kier molecular flexibility index (Phi) is 5.49. The monoisotopic (exact) mass is 465 g/mol. The topological polar surface area (TPSA) is 37.4 Å². The number of likely N-dealkylation sites (tertiary alicyclic amines) is 1. The second-order valence-electron chi connectivity index (χ2n) is 9.03. The van der Waals surface area contributed by atoms with E-state index in [1.807, 2.05) is 0 Å². The molecule has 0 bridgehead atoms. The summed E-state index contributed by atoms with van der Waals surface area (Å²) < 4.78 is 121. The number of carbonyl (C=O) groups is 2. The summed E-state index contributed by atoms with van der Waals surface area (Å²) >= 11 is 0. The fourth-order valence-electron chi connectivity index (χ4n) is 3.80. The second-order valence-corrected chi connectivity index (χ2v) is 9.03. The molecule has 0 aromatic carbocycles. The number of nitrogens with zero attached hydrogens (tertiary/aromatic N) is 1. The first kappa shape index (κ1) is 25.3. The second kappa shape index (κ2) is 6.74. The zero-order chi connectivity index (χ0) is 24.5. The first-order valence-corrected chi connectivity index (χ1v) is 9.00. The molecule has 3 nitrogen and oxygen atoms in total. The highest BCUT2D eigenvalue weighted by molar-refractivity contribution is 6.01. The highest BCUT2D eigenvalue weighted by Crippen LogP contribution is 2.61. The van der Waals surface area contributed by atoms with E-state index in [9.17, 15) is 49.1 Å². The Morgan fingerprint density at radius 2 is 1.32 bits per heavy atom. The number of rotatable bonds is 4. The molecule has 1 amide bonds. The summed E-state index contributed by atoms with van der Waals surface area (Å²) in [5.74, 6) is -21.6. The summed E-state index contributed by atoms with van der Waals surface area (Å²) in [5, 5.41) is 0. The Balaban J connectivity index is 2.62. The summed E-state index contributed by atoms with van der Waals surface area (Å²) in [6.45, 7) is 4.91. The number of hydrogen-bond donors (Lipinski definition) is 0. The molecule has 0 N–H and O–H groups in total. The van der Waals surface area contributed by atoms with Crippen LogP contribution in [0.2, 0.25) is 0 Å². The minimum Gasteiger partial charge on any atom is -0.336 e. The number of ketones is 1. The van der Waals surface area contributed by atoms with Crippen LogP contribution in [0.25, 0.3) is 0 Å². The Labute approximate surface area is 171 Å². The van der Waals surface area contributed by atoms with Crippen LogP contribution in [0, 0.1) is 10.8 Å². The average molecular weight is 465 g/mol. The van der Waals surface area contributed by atoms with Gasteiger partial charge in [0.25, 0.3) is 0 Å². The van der Waals surface area contributed by atoms with Gasteiger partial charge >= 0.3 is 23.9 Å². The van der Waals surface area contributed by atoms with Crippen LogP contribution in [-0.2, 0) is 9.59 Å². The van der Waals surface area contributed by atoms with Crippen molar-refractivity contribution in [1.82, 2.24) is 4.90 Å². The van der Waals surface area contributed by atoms with Gasteiger partial charge in [-0.15, -0.1) is 0 Å². The molecule has 1 atom stereocenters. The third-order valence-corrected chi connectivity index (χ3v) is 5.85. The van der Waals surface area contributed by atoms with E-state index in [1.54, 1.807) is 0 Å². The van der Waals surface area contributed by atoms with E-state index in [2.05, 4.69) is 0 Å². The Morgan fingerprint density at radius 1 is 0.871 bits per heavy atom. The lowest BCUT2D eigenvalue weighted by molar-refractivity contribution is -0.399. The molecule has 1 fully saturated rings. The van der Waals surface area contributed by atoms with Gasteiger partial charge < -0.3 is 4.90 Å². The van der Waals surface area contributed by atoms with Gasteiger partial charge in [0.1, 0.15) is 0 Å².